The van der Waals surface area contributed by atoms with E-state index < -0.39 is 0 Å². The molecule has 0 radical (unpaired) electrons. The van der Waals surface area contributed by atoms with Gasteiger partial charge in [-0.15, -0.1) is 0 Å². The first-order valence-corrected chi connectivity index (χ1v) is 7.39. The van der Waals surface area contributed by atoms with E-state index in [1.165, 1.54) is 5.56 Å². The van der Waals surface area contributed by atoms with Crippen LogP contribution in [0.2, 0.25) is 0 Å². The zero-order valence-corrected chi connectivity index (χ0v) is 12.0. The Balaban J connectivity index is 1.66. The van der Waals surface area contributed by atoms with Crippen molar-refractivity contribution in [3.63, 3.8) is 0 Å². The number of nitrogens with zero attached hydrogens (tertiary/aromatic N) is 2. The first-order chi connectivity index (χ1) is 10.3. The molecular weight excluding hydrogens is 264 g/mol. The fourth-order valence-corrected chi connectivity index (χ4v) is 2.63. The van der Waals surface area contributed by atoms with E-state index >= 15 is 0 Å². The second kappa shape index (κ2) is 6.54. The van der Waals surface area contributed by atoms with Gasteiger partial charge in [0.25, 0.3) is 0 Å². The average Bonchev–Trinajstić information content (AvgIpc) is 2.96. The molecule has 2 heterocycles. The van der Waals surface area contributed by atoms with Gasteiger partial charge in [0, 0.05) is 18.9 Å². The SMILES string of the molecule is O=C(Nc1nccn1Cc1ccccc1)C1CCCNC1. The molecule has 0 aliphatic carbocycles. The minimum Gasteiger partial charge on any atom is -0.316 e. The van der Waals surface area contributed by atoms with Crippen LogP contribution < -0.4 is 10.6 Å². The number of benzene rings is 1. The highest BCUT2D eigenvalue weighted by molar-refractivity contribution is 5.91. The van der Waals surface area contributed by atoms with Gasteiger partial charge in [-0.2, -0.15) is 0 Å². The third kappa shape index (κ3) is 3.49. The Morgan fingerprint density at radius 3 is 3.00 bits per heavy atom. The van der Waals surface area contributed by atoms with E-state index in [0.29, 0.717) is 12.5 Å². The Kier molecular flexibility index (Phi) is 4.31. The van der Waals surface area contributed by atoms with Gasteiger partial charge in [0.1, 0.15) is 0 Å². The Morgan fingerprint density at radius 1 is 1.38 bits per heavy atom. The van der Waals surface area contributed by atoms with Crippen molar-refractivity contribution in [1.82, 2.24) is 14.9 Å². The summed E-state index contributed by atoms with van der Waals surface area (Å²) in [5, 5.41) is 6.22. The molecule has 5 nitrogen and oxygen atoms in total. The highest BCUT2D eigenvalue weighted by Gasteiger charge is 2.22. The van der Waals surface area contributed by atoms with E-state index in [1.54, 1.807) is 6.20 Å². The van der Waals surface area contributed by atoms with E-state index in [2.05, 4.69) is 27.8 Å². The summed E-state index contributed by atoms with van der Waals surface area (Å²) in [6.07, 6.45) is 5.61. The molecule has 1 aliphatic rings. The number of carbonyl (C=O) groups is 1. The summed E-state index contributed by atoms with van der Waals surface area (Å²) in [5.74, 6) is 0.720. The maximum absolute atomic E-state index is 12.3. The highest BCUT2D eigenvalue weighted by atomic mass is 16.2. The molecule has 2 N–H and O–H groups in total. The molecule has 0 bridgehead atoms. The lowest BCUT2D eigenvalue weighted by Gasteiger charge is -2.21. The normalized spacial score (nSPS) is 18.4. The molecule has 1 saturated heterocycles. The van der Waals surface area contributed by atoms with Gasteiger partial charge in [-0.25, -0.2) is 4.98 Å². The number of piperidine rings is 1. The number of imidazole rings is 1. The number of anilines is 1. The summed E-state index contributed by atoms with van der Waals surface area (Å²) < 4.78 is 1.96. The van der Waals surface area contributed by atoms with Crippen molar-refractivity contribution in [1.29, 1.82) is 0 Å². The van der Waals surface area contributed by atoms with E-state index in [9.17, 15) is 4.79 Å². The van der Waals surface area contributed by atoms with Crippen LogP contribution in [0.3, 0.4) is 0 Å². The standard InChI is InChI=1S/C16H20N4O/c21-15(14-7-4-8-17-11-14)19-16-18-9-10-20(16)12-13-5-2-1-3-6-13/h1-3,5-6,9-10,14,17H,4,7-8,11-12H2,(H,18,19,21). The first-order valence-electron chi connectivity index (χ1n) is 7.39. The maximum atomic E-state index is 12.3. The number of rotatable bonds is 4. The predicted octanol–water partition coefficient (Wildman–Crippen LogP) is 1.87. The third-order valence-corrected chi connectivity index (χ3v) is 3.81. The van der Waals surface area contributed by atoms with Crippen molar-refractivity contribution in [3.05, 3.63) is 48.3 Å². The molecule has 2 aromatic rings. The minimum atomic E-state index is 0.0422. The van der Waals surface area contributed by atoms with E-state index in [0.717, 1.165) is 25.9 Å². The molecule has 0 spiro atoms. The summed E-state index contributed by atoms with van der Waals surface area (Å²) in [4.78, 5) is 16.5. The van der Waals surface area contributed by atoms with Gasteiger partial charge < -0.3 is 9.88 Å². The molecule has 110 valence electrons. The number of amides is 1. The van der Waals surface area contributed by atoms with Crippen LogP contribution in [0, 0.1) is 5.92 Å². The molecule has 5 heteroatoms. The fourth-order valence-electron chi connectivity index (χ4n) is 2.63. The van der Waals surface area contributed by atoms with Gasteiger partial charge in [-0.05, 0) is 24.9 Å². The number of aromatic nitrogens is 2. The van der Waals surface area contributed by atoms with Gasteiger partial charge >= 0.3 is 0 Å². The molecule has 1 aliphatic heterocycles. The highest BCUT2D eigenvalue weighted by Crippen LogP contribution is 2.14. The van der Waals surface area contributed by atoms with Crippen molar-refractivity contribution in [2.45, 2.75) is 19.4 Å². The molecule has 1 unspecified atom stereocenters. The lowest BCUT2D eigenvalue weighted by molar-refractivity contribution is -0.120. The molecule has 1 fully saturated rings. The van der Waals surface area contributed by atoms with Crippen LogP contribution >= 0.6 is 0 Å². The number of carbonyl (C=O) groups excluding carboxylic acids is 1. The van der Waals surface area contributed by atoms with Crippen molar-refractivity contribution in [2.75, 3.05) is 18.4 Å². The zero-order chi connectivity index (χ0) is 14.5. The summed E-state index contributed by atoms with van der Waals surface area (Å²) in [5.41, 5.74) is 1.19. The van der Waals surface area contributed by atoms with Gasteiger partial charge in [0.05, 0.1) is 12.5 Å². The maximum Gasteiger partial charge on any atom is 0.231 e. The number of hydrogen-bond acceptors (Lipinski definition) is 3. The zero-order valence-electron chi connectivity index (χ0n) is 12.0. The fraction of sp³-hybridized carbons (Fsp3) is 0.375. The predicted molar refractivity (Wildman–Crippen MR) is 82.0 cm³/mol. The minimum absolute atomic E-state index is 0.0422. The van der Waals surface area contributed by atoms with Crippen molar-refractivity contribution in [3.8, 4) is 0 Å². The molecule has 0 saturated carbocycles. The monoisotopic (exact) mass is 284 g/mol. The molecular formula is C16H20N4O. The number of nitrogens with one attached hydrogen (secondary N) is 2. The molecule has 1 atom stereocenters. The molecule has 1 aromatic heterocycles. The Hall–Kier alpha value is -2.14. The van der Waals surface area contributed by atoms with Crippen molar-refractivity contribution >= 4 is 11.9 Å². The van der Waals surface area contributed by atoms with Crippen LogP contribution in [0.5, 0.6) is 0 Å². The van der Waals surface area contributed by atoms with Gasteiger partial charge in [-0.1, -0.05) is 30.3 Å². The van der Waals surface area contributed by atoms with E-state index in [1.807, 2.05) is 29.0 Å². The van der Waals surface area contributed by atoms with Gasteiger partial charge in [0.15, 0.2) is 0 Å². The molecule has 3 rings (SSSR count). The third-order valence-electron chi connectivity index (χ3n) is 3.81. The van der Waals surface area contributed by atoms with Crippen LogP contribution in [0.4, 0.5) is 5.95 Å². The van der Waals surface area contributed by atoms with Crippen LogP contribution in [-0.4, -0.2) is 28.5 Å². The topological polar surface area (TPSA) is 59.0 Å². The smallest absolute Gasteiger partial charge is 0.231 e. The lowest BCUT2D eigenvalue weighted by atomic mass is 9.99. The summed E-state index contributed by atoms with van der Waals surface area (Å²) in [6, 6.07) is 10.2. The molecule has 1 amide bonds. The Morgan fingerprint density at radius 2 is 2.24 bits per heavy atom. The summed E-state index contributed by atoms with van der Waals surface area (Å²) >= 11 is 0. The molecule has 21 heavy (non-hydrogen) atoms. The van der Waals surface area contributed by atoms with Crippen molar-refractivity contribution < 1.29 is 4.79 Å². The lowest BCUT2D eigenvalue weighted by Crippen LogP contribution is -2.37. The van der Waals surface area contributed by atoms with E-state index in [-0.39, 0.29) is 11.8 Å². The quantitative estimate of drug-likeness (QED) is 0.901. The first kappa shape index (κ1) is 13.8. The molecule has 1 aromatic carbocycles. The summed E-state index contributed by atoms with van der Waals surface area (Å²) in [6.45, 7) is 2.47. The second-order valence-electron chi connectivity index (χ2n) is 5.40. The van der Waals surface area contributed by atoms with Crippen LogP contribution in [0.25, 0.3) is 0 Å². The van der Waals surface area contributed by atoms with Gasteiger partial charge in [-0.3, -0.25) is 10.1 Å². The van der Waals surface area contributed by atoms with Crippen LogP contribution in [0.15, 0.2) is 42.7 Å². The largest absolute Gasteiger partial charge is 0.316 e. The van der Waals surface area contributed by atoms with Crippen LogP contribution in [0.1, 0.15) is 18.4 Å². The number of hydrogen-bond donors (Lipinski definition) is 2. The van der Waals surface area contributed by atoms with Crippen molar-refractivity contribution in [2.24, 2.45) is 5.92 Å². The average molecular weight is 284 g/mol. The summed E-state index contributed by atoms with van der Waals surface area (Å²) in [7, 11) is 0. The Bertz CT molecular complexity index is 587. The van der Waals surface area contributed by atoms with E-state index in [4.69, 9.17) is 0 Å². The van der Waals surface area contributed by atoms with Gasteiger partial charge in [0.2, 0.25) is 11.9 Å². The Labute approximate surface area is 124 Å². The second-order valence-corrected chi connectivity index (χ2v) is 5.40. The van der Waals surface area contributed by atoms with Crippen LogP contribution in [-0.2, 0) is 11.3 Å².